The molecule has 2 aromatic carbocycles. The van der Waals surface area contributed by atoms with Crippen molar-refractivity contribution in [1.29, 1.82) is 5.26 Å². The van der Waals surface area contributed by atoms with Gasteiger partial charge in [0.1, 0.15) is 28.2 Å². The number of nitriles is 1. The number of ether oxygens (including phenoxy) is 3. The van der Waals surface area contributed by atoms with Gasteiger partial charge in [0.2, 0.25) is 0 Å². The minimum absolute atomic E-state index is 0.00495. The average molecular weight is 698 g/mol. The number of anilines is 2. The molecule has 7 rings (SSSR count). The first kappa shape index (κ1) is 33.0. The molecule has 1 atom stereocenters. The monoisotopic (exact) mass is 697 g/mol. The molecule has 0 spiro atoms. The van der Waals surface area contributed by atoms with Crippen molar-refractivity contribution in [2.75, 3.05) is 83.9 Å². The molecule has 48 heavy (non-hydrogen) atoms. The molecule has 0 bridgehead atoms. The van der Waals surface area contributed by atoms with E-state index in [4.69, 9.17) is 36.5 Å². The lowest BCUT2D eigenvalue weighted by Gasteiger charge is -2.35. The lowest BCUT2D eigenvalue weighted by Crippen LogP contribution is -2.41. The zero-order valence-corrected chi connectivity index (χ0v) is 28.8. The highest BCUT2D eigenvalue weighted by molar-refractivity contribution is 7.23. The summed E-state index contributed by atoms with van der Waals surface area (Å²) in [6.45, 7) is 8.23. The lowest BCUT2D eigenvalue weighted by atomic mass is 9.96. The topological polar surface area (TPSA) is 113 Å². The smallest absolute Gasteiger partial charge is 0.319 e. The molecule has 14 heteroatoms. The number of nitrogens with two attached hydrogens (primary N) is 1. The zero-order valence-electron chi connectivity index (χ0n) is 27.2. The van der Waals surface area contributed by atoms with Crippen LogP contribution in [0.15, 0.2) is 12.1 Å². The summed E-state index contributed by atoms with van der Waals surface area (Å²) in [5, 5.41) is 10.6. The fraction of sp³-hybridized carbons (Fsp3) is 0.500. The van der Waals surface area contributed by atoms with Crippen LogP contribution in [0.5, 0.6) is 11.8 Å². The van der Waals surface area contributed by atoms with Crippen LogP contribution in [0.4, 0.5) is 19.6 Å². The third-order valence-corrected chi connectivity index (χ3v) is 11.0. The number of morpholine rings is 1. The summed E-state index contributed by atoms with van der Waals surface area (Å²) in [5.74, 6) is -0.595. The van der Waals surface area contributed by atoms with Crippen LogP contribution in [-0.2, 0) is 4.74 Å². The van der Waals surface area contributed by atoms with Gasteiger partial charge in [0.25, 0.3) is 0 Å². The van der Waals surface area contributed by atoms with Crippen LogP contribution in [0.2, 0.25) is 5.02 Å². The van der Waals surface area contributed by atoms with E-state index in [2.05, 4.69) is 32.7 Å². The van der Waals surface area contributed by atoms with Crippen molar-refractivity contribution in [1.82, 2.24) is 19.8 Å². The fourth-order valence-corrected chi connectivity index (χ4v) is 7.98. The van der Waals surface area contributed by atoms with Gasteiger partial charge < -0.3 is 29.7 Å². The Morgan fingerprint density at radius 2 is 1.96 bits per heavy atom. The molecule has 1 saturated heterocycles. The second-order valence-electron chi connectivity index (χ2n) is 13.3. The molecule has 10 nitrogen and oxygen atoms in total. The number of halogens is 3. The highest BCUT2D eigenvalue weighted by Gasteiger charge is 2.45. The molecule has 3 aliphatic rings. The molecule has 0 amide bonds. The largest absolute Gasteiger partial charge is 0.491 e. The van der Waals surface area contributed by atoms with E-state index in [1.165, 1.54) is 12.1 Å². The predicted octanol–water partition coefficient (Wildman–Crippen LogP) is 5.93. The number of thiophene rings is 1. The summed E-state index contributed by atoms with van der Waals surface area (Å²) in [6, 6.07) is 4.78. The maximum Gasteiger partial charge on any atom is 0.319 e. The van der Waals surface area contributed by atoms with Crippen LogP contribution in [-0.4, -0.2) is 99.1 Å². The van der Waals surface area contributed by atoms with Gasteiger partial charge in [-0.2, -0.15) is 15.2 Å². The predicted molar refractivity (Wildman–Crippen MR) is 184 cm³/mol. The number of aromatic nitrogens is 2. The minimum Gasteiger partial charge on any atom is -0.491 e. The normalized spacial score (nSPS) is 19.3. The van der Waals surface area contributed by atoms with Crippen LogP contribution in [0.25, 0.3) is 32.1 Å². The number of likely N-dealkylation sites (N-methyl/N-ethyl adjacent to an activating group) is 1. The molecule has 2 aliphatic heterocycles. The lowest BCUT2D eigenvalue weighted by molar-refractivity contribution is 0.0231. The van der Waals surface area contributed by atoms with Gasteiger partial charge in [0.05, 0.1) is 47.1 Å². The van der Waals surface area contributed by atoms with Crippen LogP contribution in [0.1, 0.15) is 31.7 Å². The summed E-state index contributed by atoms with van der Waals surface area (Å²) in [7, 11) is 4.00. The fourth-order valence-electron chi connectivity index (χ4n) is 6.69. The van der Waals surface area contributed by atoms with Crippen molar-refractivity contribution in [2.45, 2.75) is 32.2 Å². The summed E-state index contributed by atoms with van der Waals surface area (Å²) in [4.78, 5) is 16.2. The van der Waals surface area contributed by atoms with E-state index in [9.17, 15) is 5.26 Å². The molecule has 0 unspecified atom stereocenters. The molecule has 2 aromatic heterocycles. The number of hydrogen-bond donors (Lipinski definition) is 1. The van der Waals surface area contributed by atoms with E-state index in [-0.39, 0.29) is 65.5 Å². The summed E-state index contributed by atoms with van der Waals surface area (Å²) in [5.41, 5.74) is 6.32. The van der Waals surface area contributed by atoms with Crippen molar-refractivity contribution < 1.29 is 23.0 Å². The average Bonchev–Trinajstić information content (AvgIpc) is 3.73. The molecule has 254 valence electrons. The van der Waals surface area contributed by atoms with Gasteiger partial charge in [0, 0.05) is 61.6 Å². The Labute approximate surface area is 286 Å². The van der Waals surface area contributed by atoms with Gasteiger partial charge in [-0.1, -0.05) is 17.7 Å². The van der Waals surface area contributed by atoms with Crippen LogP contribution in [0, 0.1) is 28.4 Å². The number of hydrogen-bond acceptors (Lipinski definition) is 11. The van der Waals surface area contributed by atoms with E-state index < -0.39 is 11.6 Å². The first-order valence-electron chi connectivity index (χ1n) is 16.2. The highest BCUT2D eigenvalue weighted by Crippen LogP contribution is 2.51. The van der Waals surface area contributed by atoms with Crippen LogP contribution >= 0.6 is 22.9 Å². The Hall–Kier alpha value is -3.54. The third kappa shape index (κ3) is 5.98. The molecule has 1 saturated carbocycles. The van der Waals surface area contributed by atoms with Gasteiger partial charge in [0.15, 0.2) is 11.6 Å². The maximum atomic E-state index is 17.2. The minimum atomic E-state index is -0.743. The van der Waals surface area contributed by atoms with Gasteiger partial charge in [-0.15, -0.1) is 11.3 Å². The van der Waals surface area contributed by atoms with Gasteiger partial charge in [-0.3, -0.25) is 4.90 Å². The standard InChI is InChI=1S/C34H38ClF2N7O3S/c1-19-6-13-46-29-25-28(27(37)24(26(29)35)20-4-5-22(36)30-23(20)21(16-38)31(39)48-30)40-33(41-32(25)44(19)10-9-42(2)3)47-18-34(7-8-34)17-43-11-14-45-15-12-43/h4-5,19H,6-15,17-18,39H2,1-3H3/t19-/m1/s1. The third-order valence-electron chi connectivity index (χ3n) is 9.64. The molecular formula is C34H38ClF2N7O3S. The quantitative estimate of drug-likeness (QED) is 0.226. The Kier molecular flexibility index (Phi) is 8.97. The van der Waals surface area contributed by atoms with E-state index in [0.717, 1.165) is 63.6 Å². The Bertz CT molecular complexity index is 1920. The summed E-state index contributed by atoms with van der Waals surface area (Å²) in [6.07, 6.45) is 2.70. The van der Waals surface area contributed by atoms with Crippen molar-refractivity contribution in [2.24, 2.45) is 5.41 Å². The van der Waals surface area contributed by atoms with E-state index in [1.807, 2.05) is 14.1 Å². The zero-order chi connectivity index (χ0) is 33.7. The van der Waals surface area contributed by atoms with Crippen LogP contribution in [0.3, 0.4) is 0 Å². The van der Waals surface area contributed by atoms with Gasteiger partial charge >= 0.3 is 6.01 Å². The number of nitrogen functional groups attached to an aromatic ring is 1. The molecular weight excluding hydrogens is 660 g/mol. The summed E-state index contributed by atoms with van der Waals surface area (Å²) >= 11 is 8.02. The van der Waals surface area contributed by atoms with E-state index in [0.29, 0.717) is 37.4 Å². The second kappa shape index (κ2) is 13.1. The maximum absolute atomic E-state index is 17.2. The molecule has 0 radical (unpaired) electrons. The highest BCUT2D eigenvalue weighted by atomic mass is 35.5. The number of nitrogens with zero attached hydrogens (tertiary/aromatic N) is 6. The molecule has 4 heterocycles. The molecule has 1 aliphatic carbocycles. The van der Waals surface area contributed by atoms with Crippen molar-refractivity contribution in [3.05, 3.63) is 34.4 Å². The summed E-state index contributed by atoms with van der Waals surface area (Å²) < 4.78 is 50.6. The van der Waals surface area contributed by atoms with Crippen molar-refractivity contribution >= 4 is 54.7 Å². The molecule has 4 aromatic rings. The van der Waals surface area contributed by atoms with Crippen molar-refractivity contribution in [3.63, 3.8) is 0 Å². The SMILES string of the molecule is C[C@@H]1CCOc2c(Cl)c(-c3ccc(F)c4sc(N)c(C#N)c34)c(F)c3nc(OCC4(CN5CCOCC5)CC4)nc(c23)N1CCN(C)C. The molecule has 2 fully saturated rings. The first-order valence-corrected chi connectivity index (χ1v) is 17.4. The van der Waals surface area contributed by atoms with Gasteiger partial charge in [-0.05, 0) is 45.5 Å². The molecule has 2 N–H and O–H groups in total. The first-order chi connectivity index (χ1) is 23.1. The van der Waals surface area contributed by atoms with Gasteiger partial charge in [-0.25, -0.2) is 8.78 Å². The Balaban J connectivity index is 1.40. The number of fused-ring (bicyclic) bond motifs is 1. The Morgan fingerprint density at radius 3 is 2.67 bits per heavy atom. The van der Waals surface area contributed by atoms with E-state index in [1.54, 1.807) is 0 Å². The van der Waals surface area contributed by atoms with Crippen molar-refractivity contribution in [3.8, 4) is 29.0 Å². The Morgan fingerprint density at radius 1 is 1.19 bits per heavy atom. The number of rotatable bonds is 9. The van der Waals surface area contributed by atoms with Crippen LogP contribution < -0.4 is 20.1 Å². The van der Waals surface area contributed by atoms with E-state index >= 15 is 8.78 Å². The number of benzene rings is 2. The second-order valence-corrected chi connectivity index (χ2v) is 14.7.